The minimum absolute atomic E-state index is 0.0626. The second-order valence-electron chi connectivity index (χ2n) is 7.08. The summed E-state index contributed by atoms with van der Waals surface area (Å²) in [7, 11) is -4.10. The topological polar surface area (TPSA) is 115 Å². The highest BCUT2D eigenvalue weighted by Gasteiger charge is 2.41. The molecule has 160 valence electrons. The average molecular weight is 452 g/mol. The van der Waals surface area contributed by atoms with E-state index in [2.05, 4.69) is 4.98 Å². The summed E-state index contributed by atoms with van der Waals surface area (Å²) in [5.74, 6) is -1.01. The van der Waals surface area contributed by atoms with E-state index < -0.39 is 33.2 Å². The van der Waals surface area contributed by atoms with Crippen molar-refractivity contribution in [1.29, 1.82) is 0 Å². The van der Waals surface area contributed by atoms with Crippen LogP contribution in [0.3, 0.4) is 0 Å². The number of imidazole rings is 1. The van der Waals surface area contributed by atoms with Crippen LogP contribution in [-0.4, -0.2) is 33.1 Å². The molecule has 0 N–H and O–H groups in total. The molecular weight excluding hydrogens is 439 g/mol. The fraction of sp³-hybridized carbons (Fsp3) is 0.0476. The summed E-state index contributed by atoms with van der Waals surface area (Å²) in [6.45, 7) is -0.407. The lowest BCUT2D eigenvalue weighted by Crippen LogP contribution is -2.30. The molecule has 5 rings (SSSR count). The van der Waals surface area contributed by atoms with Crippen molar-refractivity contribution in [3.8, 4) is 5.69 Å². The summed E-state index contributed by atoms with van der Waals surface area (Å²) < 4.78 is 41.7. The second-order valence-corrected chi connectivity index (χ2v) is 8.91. The number of nitrogens with zero attached hydrogens (tertiary/aromatic N) is 4. The van der Waals surface area contributed by atoms with Crippen LogP contribution in [0.4, 0.5) is 10.1 Å². The highest BCUT2D eigenvalue weighted by molar-refractivity contribution is 7.90. The van der Waals surface area contributed by atoms with Gasteiger partial charge in [-0.05, 0) is 42.5 Å². The number of sulfonamides is 1. The SMILES string of the molecule is O=C1c2ccccc2S(=O)(=O)N1Cc1nc2cc([N+](=O)[O-])ccc2n1-c1ccc(F)cc1. The quantitative estimate of drug-likeness (QED) is 0.346. The third kappa shape index (κ3) is 2.94. The molecule has 0 spiro atoms. The van der Waals surface area contributed by atoms with Crippen molar-refractivity contribution in [2.24, 2.45) is 0 Å². The zero-order valence-electron chi connectivity index (χ0n) is 16.2. The molecule has 2 heterocycles. The maximum atomic E-state index is 13.5. The molecule has 0 aliphatic carbocycles. The molecule has 0 atom stereocenters. The van der Waals surface area contributed by atoms with Gasteiger partial charge < -0.3 is 0 Å². The molecule has 0 unspecified atom stereocenters. The summed E-state index contributed by atoms with van der Waals surface area (Å²) in [6, 6.07) is 15.3. The van der Waals surface area contributed by atoms with Crippen molar-refractivity contribution in [1.82, 2.24) is 13.9 Å². The van der Waals surface area contributed by atoms with Crippen LogP contribution >= 0.6 is 0 Å². The number of non-ortho nitro benzene ring substituents is 1. The van der Waals surface area contributed by atoms with Gasteiger partial charge in [-0.15, -0.1) is 0 Å². The van der Waals surface area contributed by atoms with Gasteiger partial charge in [-0.25, -0.2) is 22.1 Å². The molecule has 11 heteroatoms. The average Bonchev–Trinajstić information content (AvgIpc) is 3.22. The van der Waals surface area contributed by atoms with Crippen LogP contribution in [0.25, 0.3) is 16.7 Å². The van der Waals surface area contributed by atoms with Gasteiger partial charge in [0.15, 0.2) is 0 Å². The summed E-state index contributed by atoms with van der Waals surface area (Å²) in [5.41, 5.74) is 1.01. The first-order valence-electron chi connectivity index (χ1n) is 9.35. The first kappa shape index (κ1) is 19.8. The van der Waals surface area contributed by atoms with Crippen molar-refractivity contribution >= 4 is 32.7 Å². The lowest BCUT2D eigenvalue weighted by molar-refractivity contribution is -0.384. The van der Waals surface area contributed by atoms with Crippen molar-refractivity contribution in [2.75, 3.05) is 0 Å². The normalized spacial score (nSPS) is 14.7. The van der Waals surface area contributed by atoms with Crippen molar-refractivity contribution in [3.63, 3.8) is 0 Å². The van der Waals surface area contributed by atoms with Gasteiger partial charge in [-0.3, -0.25) is 19.5 Å². The van der Waals surface area contributed by atoms with Gasteiger partial charge in [-0.2, -0.15) is 0 Å². The Hall–Kier alpha value is -4.12. The predicted octanol–water partition coefficient (Wildman–Crippen LogP) is 3.42. The lowest BCUT2D eigenvalue weighted by atomic mass is 10.2. The maximum absolute atomic E-state index is 13.5. The van der Waals surface area contributed by atoms with Gasteiger partial charge in [0.05, 0.1) is 28.1 Å². The summed E-state index contributed by atoms with van der Waals surface area (Å²) in [6.07, 6.45) is 0. The van der Waals surface area contributed by atoms with Gasteiger partial charge in [0.2, 0.25) is 0 Å². The van der Waals surface area contributed by atoms with Crippen molar-refractivity contribution in [3.05, 3.63) is 94.0 Å². The number of halogens is 1. The fourth-order valence-electron chi connectivity index (χ4n) is 3.73. The molecule has 1 aliphatic heterocycles. The van der Waals surface area contributed by atoms with Gasteiger partial charge in [0, 0.05) is 17.8 Å². The number of benzene rings is 3. The van der Waals surface area contributed by atoms with Gasteiger partial charge in [0.1, 0.15) is 16.5 Å². The first-order valence-corrected chi connectivity index (χ1v) is 10.8. The van der Waals surface area contributed by atoms with Crippen LogP contribution in [0, 0.1) is 15.9 Å². The van der Waals surface area contributed by atoms with Crippen LogP contribution in [0.15, 0.2) is 71.6 Å². The number of fused-ring (bicyclic) bond motifs is 2. The predicted molar refractivity (Wildman–Crippen MR) is 111 cm³/mol. The molecule has 32 heavy (non-hydrogen) atoms. The standard InChI is InChI=1S/C21H13FN4O5S/c22-13-5-7-14(8-6-13)25-18-10-9-15(26(28)29)11-17(18)23-20(25)12-24-21(27)16-3-1-2-4-19(16)32(24,30)31/h1-11H,12H2. The van der Waals surface area contributed by atoms with Gasteiger partial charge in [-0.1, -0.05) is 12.1 Å². The maximum Gasteiger partial charge on any atom is 0.271 e. The smallest absolute Gasteiger partial charge is 0.271 e. The summed E-state index contributed by atoms with van der Waals surface area (Å²) in [5, 5.41) is 11.2. The van der Waals surface area contributed by atoms with E-state index in [1.165, 1.54) is 60.7 Å². The molecule has 3 aromatic carbocycles. The number of nitro benzene ring substituents is 1. The number of aromatic nitrogens is 2. The summed E-state index contributed by atoms with van der Waals surface area (Å²) in [4.78, 5) is 27.7. The summed E-state index contributed by atoms with van der Waals surface area (Å²) >= 11 is 0. The Kier molecular flexibility index (Phi) is 4.31. The molecule has 1 aliphatic rings. The Morgan fingerprint density at radius 2 is 1.75 bits per heavy atom. The van der Waals surface area contributed by atoms with E-state index in [-0.39, 0.29) is 27.5 Å². The zero-order valence-corrected chi connectivity index (χ0v) is 17.0. The van der Waals surface area contributed by atoms with E-state index in [9.17, 15) is 27.7 Å². The third-order valence-corrected chi connectivity index (χ3v) is 6.99. The van der Waals surface area contributed by atoms with Gasteiger partial charge in [0.25, 0.3) is 21.6 Å². The van der Waals surface area contributed by atoms with Crippen LogP contribution < -0.4 is 0 Å². The molecular formula is C21H13FN4O5S. The second kappa shape index (κ2) is 6.95. The first-order chi connectivity index (χ1) is 15.3. The Morgan fingerprint density at radius 1 is 1.03 bits per heavy atom. The highest BCUT2D eigenvalue weighted by atomic mass is 32.2. The van der Waals surface area contributed by atoms with Crippen molar-refractivity contribution in [2.45, 2.75) is 11.4 Å². The van der Waals surface area contributed by atoms with Gasteiger partial charge >= 0.3 is 0 Å². The Balaban J connectivity index is 1.68. The number of rotatable bonds is 4. The fourth-order valence-corrected chi connectivity index (χ4v) is 5.26. The number of nitro groups is 1. The van der Waals surface area contributed by atoms with Crippen molar-refractivity contribution < 1.29 is 22.5 Å². The number of carbonyl (C=O) groups is 1. The molecule has 9 nitrogen and oxygen atoms in total. The highest BCUT2D eigenvalue weighted by Crippen LogP contribution is 2.33. The molecule has 0 saturated heterocycles. The molecule has 4 aromatic rings. The number of hydrogen-bond acceptors (Lipinski definition) is 6. The van der Waals surface area contributed by atoms with E-state index in [1.807, 2.05) is 0 Å². The van der Waals surface area contributed by atoms with Crippen LogP contribution in [-0.2, 0) is 16.6 Å². The Bertz CT molecular complexity index is 1530. The molecule has 1 aromatic heterocycles. The third-order valence-electron chi connectivity index (χ3n) is 5.20. The molecule has 0 radical (unpaired) electrons. The van der Waals surface area contributed by atoms with E-state index in [1.54, 1.807) is 10.6 Å². The molecule has 0 saturated carbocycles. The van der Waals surface area contributed by atoms with E-state index in [0.717, 1.165) is 0 Å². The van der Waals surface area contributed by atoms with E-state index in [4.69, 9.17) is 0 Å². The zero-order chi connectivity index (χ0) is 22.6. The monoisotopic (exact) mass is 452 g/mol. The molecule has 1 amide bonds. The molecule has 0 fully saturated rings. The molecule has 0 bridgehead atoms. The largest absolute Gasteiger partial charge is 0.295 e. The minimum Gasteiger partial charge on any atom is -0.295 e. The van der Waals surface area contributed by atoms with Crippen LogP contribution in [0.1, 0.15) is 16.2 Å². The lowest BCUT2D eigenvalue weighted by Gasteiger charge is -2.16. The number of amides is 1. The Morgan fingerprint density at radius 3 is 2.44 bits per heavy atom. The van der Waals surface area contributed by atoms with Crippen LogP contribution in [0.2, 0.25) is 0 Å². The number of hydrogen-bond donors (Lipinski definition) is 0. The number of carbonyl (C=O) groups excluding carboxylic acids is 1. The van der Waals surface area contributed by atoms with Crippen LogP contribution in [0.5, 0.6) is 0 Å². The van der Waals surface area contributed by atoms with E-state index >= 15 is 0 Å². The minimum atomic E-state index is -4.10. The Labute approximate surface area is 180 Å². The van der Waals surface area contributed by atoms with E-state index in [0.29, 0.717) is 15.5 Å².